The SMILES string of the molecule is CCCCN1C=CN(C)C1OP(=O)(OCCC)OCCC. The van der Waals surface area contributed by atoms with Gasteiger partial charge in [0, 0.05) is 26.0 Å². The first-order valence-corrected chi connectivity index (χ1v) is 9.25. The Balaban J connectivity index is 2.68. The van der Waals surface area contributed by atoms with Gasteiger partial charge in [0.25, 0.3) is 0 Å². The number of nitrogens with zero attached hydrogens (tertiary/aromatic N) is 2. The largest absolute Gasteiger partial charge is 0.478 e. The Bertz CT molecular complexity index is 353. The van der Waals surface area contributed by atoms with E-state index in [0.29, 0.717) is 13.2 Å². The summed E-state index contributed by atoms with van der Waals surface area (Å²) in [5, 5.41) is 0. The summed E-state index contributed by atoms with van der Waals surface area (Å²) in [6.45, 7) is 7.63. The Morgan fingerprint density at radius 2 is 1.67 bits per heavy atom. The molecule has 0 aliphatic carbocycles. The van der Waals surface area contributed by atoms with Gasteiger partial charge in [-0.1, -0.05) is 27.2 Å². The van der Waals surface area contributed by atoms with Crippen molar-refractivity contribution >= 4 is 7.82 Å². The molecule has 1 rings (SSSR count). The molecule has 7 heteroatoms. The van der Waals surface area contributed by atoms with Crippen molar-refractivity contribution in [3.8, 4) is 0 Å². The molecule has 0 spiro atoms. The average molecular weight is 320 g/mol. The van der Waals surface area contributed by atoms with Crippen molar-refractivity contribution < 1.29 is 18.1 Å². The van der Waals surface area contributed by atoms with Crippen LogP contribution < -0.4 is 0 Å². The molecule has 1 heterocycles. The highest BCUT2D eigenvalue weighted by atomic mass is 31.2. The summed E-state index contributed by atoms with van der Waals surface area (Å²) >= 11 is 0. The second kappa shape index (κ2) is 9.46. The first kappa shape index (κ1) is 18.5. The van der Waals surface area contributed by atoms with E-state index < -0.39 is 14.2 Å². The average Bonchev–Trinajstić information content (AvgIpc) is 2.81. The van der Waals surface area contributed by atoms with Gasteiger partial charge < -0.3 is 9.80 Å². The number of unbranched alkanes of at least 4 members (excludes halogenated alkanes) is 1. The minimum Gasteiger partial charge on any atom is -0.337 e. The van der Waals surface area contributed by atoms with E-state index in [4.69, 9.17) is 13.6 Å². The molecule has 0 amide bonds. The molecular formula is C14H29N2O4P. The predicted octanol–water partition coefficient (Wildman–Crippen LogP) is 3.77. The van der Waals surface area contributed by atoms with E-state index in [9.17, 15) is 4.57 Å². The lowest BCUT2D eigenvalue weighted by Crippen LogP contribution is -2.39. The molecule has 124 valence electrons. The van der Waals surface area contributed by atoms with Crippen LogP contribution in [0.1, 0.15) is 46.5 Å². The highest BCUT2D eigenvalue weighted by molar-refractivity contribution is 7.48. The maximum atomic E-state index is 12.7. The molecule has 0 N–H and O–H groups in total. The Morgan fingerprint density at radius 1 is 1.05 bits per heavy atom. The molecule has 1 aliphatic heterocycles. The van der Waals surface area contributed by atoms with Gasteiger partial charge in [0.05, 0.1) is 13.2 Å². The zero-order valence-electron chi connectivity index (χ0n) is 13.7. The molecular weight excluding hydrogens is 291 g/mol. The van der Waals surface area contributed by atoms with E-state index in [-0.39, 0.29) is 0 Å². The smallest absolute Gasteiger partial charge is 0.337 e. The van der Waals surface area contributed by atoms with E-state index in [1.54, 1.807) is 0 Å². The van der Waals surface area contributed by atoms with Crippen LogP contribution in [0.25, 0.3) is 0 Å². The number of hydrogen-bond donors (Lipinski definition) is 0. The summed E-state index contributed by atoms with van der Waals surface area (Å²) in [5.74, 6) is 0. The van der Waals surface area contributed by atoms with E-state index >= 15 is 0 Å². The maximum absolute atomic E-state index is 12.7. The second-order valence-corrected chi connectivity index (χ2v) is 6.72. The van der Waals surface area contributed by atoms with E-state index in [0.717, 1.165) is 32.2 Å². The molecule has 21 heavy (non-hydrogen) atoms. The minimum absolute atomic E-state index is 0.361. The number of phosphoric ester groups is 1. The van der Waals surface area contributed by atoms with Gasteiger partial charge >= 0.3 is 7.82 Å². The van der Waals surface area contributed by atoms with Crippen LogP contribution in [-0.4, -0.2) is 43.0 Å². The van der Waals surface area contributed by atoms with Crippen LogP contribution in [-0.2, 0) is 18.1 Å². The van der Waals surface area contributed by atoms with Crippen LogP contribution >= 0.6 is 7.82 Å². The quantitative estimate of drug-likeness (QED) is 0.540. The van der Waals surface area contributed by atoms with Gasteiger partial charge in [0.15, 0.2) is 0 Å². The minimum atomic E-state index is -3.53. The van der Waals surface area contributed by atoms with Crippen molar-refractivity contribution in [2.24, 2.45) is 0 Å². The molecule has 0 aromatic heterocycles. The fourth-order valence-corrected chi connectivity index (χ4v) is 3.36. The summed E-state index contributed by atoms with van der Waals surface area (Å²) in [6, 6.07) is 0. The molecule has 0 aromatic rings. The van der Waals surface area contributed by atoms with Crippen molar-refractivity contribution in [3.63, 3.8) is 0 Å². The third kappa shape index (κ3) is 5.99. The summed E-state index contributed by atoms with van der Waals surface area (Å²) in [5.41, 5.74) is 0. The highest BCUT2D eigenvalue weighted by Crippen LogP contribution is 2.51. The van der Waals surface area contributed by atoms with Gasteiger partial charge in [0.1, 0.15) is 0 Å². The van der Waals surface area contributed by atoms with Crippen LogP contribution in [0.3, 0.4) is 0 Å². The molecule has 0 fully saturated rings. The van der Waals surface area contributed by atoms with Crippen molar-refractivity contribution in [3.05, 3.63) is 12.4 Å². The molecule has 1 aliphatic rings. The van der Waals surface area contributed by atoms with Gasteiger partial charge in [-0.25, -0.2) is 9.09 Å². The van der Waals surface area contributed by atoms with E-state index in [1.807, 2.05) is 43.1 Å². The summed E-state index contributed by atoms with van der Waals surface area (Å²) < 4.78 is 29.2. The van der Waals surface area contributed by atoms with Gasteiger partial charge in [0.2, 0.25) is 6.35 Å². The molecule has 0 bridgehead atoms. The van der Waals surface area contributed by atoms with Crippen molar-refractivity contribution in [1.82, 2.24) is 9.80 Å². The molecule has 0 saturated heterocycles. The Labute approximate surface area is 128 Å². The van der Waals surface area contributed by atoms with E-state index in [1.165, 1.54) is 0 Å². The molecule has 0 aromatic carbocycles. The Kier molecular flexibility index (Phi) is 8.34. The first-order valence-electron chi connectivity index (χ1n) is 7.79. The van der Waals surface area contributed by atoms with E-state index in [2.05, 4.69) is 6.92 Å². The zero-order chi connectivity index (χ0) is 15.7. The number of hydrogen-bond acceptors (Lipinski definition) is 6. The molecule has 6 nitrogen and oxygen atoms in total. The Morgan fingerprint density at radius 3 is 2.19 bits per heavy atom. The molecule has 1 unspecified atom stereocenters. The summed E-state index contributed by atoms with van der Waals surface area (Å²) in [4.78, 5) is 3.88. The molecule has 0 radical (unpaired) electrons. The monoisotopic (exact) mass is 320 g/mol. The van der Waals surface area contributed by atoms with Crippen LogP contribution in [0.4, 0.5) is 0 Å². The normalized spacial score (nSPS) is 18.8. The third-order valence-corrected chi connectivity index (χ3v) is 4.47. The third-order valence-electron chi connectivity index (χ3n) is 3.03. The number of rotatable bonds is 11. The zero-order valence-corrected chi connectivity index (χ0v) is 14.6. The van der Waals surface area contributed by atoms with Gasteiger partial charge in [-0.15, -0.1) is 0 Å². The number of phosphoric acid groups is 1. The van der Waals surface area contributed by atoms with Gasteiger partial charge in [-0.2, -0.15) is 0 Å². The highest BCUT2D eigenvalue weighted by Gasteiger charge is 2.36. The van der Waals surface area contributed by atoms with Crippen LogP contribution in [0, 0.1) is 0 Å². The molecule has 0 saturated carbocycles. The lowest BCUT2D eigenvalue weighted by atomic mass is 10.3. The summed E-state index contributed by atoms with van der Waals surface area (Å²) in [6.07, 6.45) is 7.10. The van der Waals surface area contributed by atoms with Crippen molar-refractivity contribution in [2.45, 2.75) is 52.8 Å². The van der Waals surface area contributed by atoms with Gasteiger partial charge in [-0.3, -0.25) is 9.05 Å². The summed E-state index contributed by atoms with van der Waals surface area (Å²) in [7, 11) is -1.65. The Hall–Kier alpha value is -0.550. The fraction of sp³-hybridized carbons (Fsp3) is 0.857. The topological polar surface area (TPSA) is 51.2 Å². The van der Waals surface area contributed by atoms with Gasteiger partial charge in [-0.05, 0) is 19.3 Å². The predicted molar refractivity (Wildman–Crippen MR) is 83.5 cm³/mol. The first-order chi connectivity index (χ1) is 10.1. The van der Waals surface area contributed by atoms with Crippen molar-refractivity contribution in [2.75, 3.05) is 26.8 Å². The van der Waals surface area contributed by atoms with Crippen LogP contribution in [0.2, 0.25) is 0 Å². The standard InChI is InChI=1S/C14H29N2O4P/c1-5-8-9-16-11-10-15(4)14(16)20-21(17,18-12-6-2)19-13-7-3/h10-11,14H,5-9,12-13H2,1-4H3. The maximum Gasteiger partial charge on any atom is 0.478 e. The lowest BCUT2D eigenvalue weighted by Gasteiger charge is -2.32. The van der Waals surface area contributed by atoms with Crippen LogP contribution in [0.5, 0.6) is 0 Å². The lowest BCUT2D eigenvalue weighted by molar-refractivity contribution is -0.0459. The van der Waals surface area contributed by atoms with Crippen molar-refractivity contribution in [1.29, 1.82) is 0 Å². The fourth-order valence-electron chi connectivity index (χ4n) is 1.85. The molecule has 1 atom stereocenters. The second-order valence-electron chi connectivity index (χ2n) is 5.10. The van der Waals surface area contributed by atoms with Crippen LogP contribution in [0.15, 0.2) is 12.4 Å².